The average molecular weight is 478 g/mol. The summed E-state index contributed by atoms with van der Waals surface area (Å²) < 4.78 is 51.5. The molecule has 3 aromatic carbocycles. The van der Waals surface area contributed by atoms with Crippen LogP contribution in [0.3, 0.4) is 0 Å². The highest BCUT2D eigenvalue weighted by Crippen LogP contribution is 2.23. The van der Waals surface area contributed by atoms with E-state index >= 15 is 0 Å². The quantitative estimate of drug-likeness (QED) is 0.452. The van der Waals surface area contributed by atoms with Gasteiger partial charge in [-0.05, 0) is 54.3 Å². The SMILES string of the molecule is CS(=O)(=O)c1ccc(CN(CCCc2ccccc2)S(=O)(=O)c2cccc(Cl)c2)cc1. The highest BCUT2D eigenvalue weighted by atomic mass is 35.5. The van der Waals surface area contributed by atoms with E-state index in [0.29, 0.717) is 23.6 Å². The molecule has 0 aliphatic carbocycles. The lowest BCUT2D eigenvalue weighted by Crippen LogP contribution is -2.32. The van der Waals surface area contributed by atoms with Crippen LogP contribution in [0.15, 0.2) is 88.7 Å². The van der Waals surface area contributed by atoms with Crippen molar-refractivity contribution in [2.45, 2.75) is 29.2 Å². The van der Waals surface area contributed by atoms with Crippen LogP contribution >= 0.6 is 11.6 Å². The summed E-state index contributed by atoms with van der Waals surface area (Å²) in [5.74, 6) is 0. The Labute approximate surface area is 189 Å². The summed E-state index contributed by atoms with van der Waals surface area (Å²) in [6.45, 7) is 0.450. The predicted octanol–water partition coefficient (Wildman–Crippen LogP) is 4.57. The number of sulfone groups is 1. The molecule has 0 unspecified atom stereocenters. The number of sulfonamides is 1. The van der Waals surface area contributed by atoms with E-state index < -0.39 is 19.9 Å². The van der Waals surface area contributed by atoms with Crippen molar-refractivity contribution in [3.8, 4) is 0 Å². The number of halogens is 1. The molecule has 0 fully saturated rings. The average Bonchev–Trinajstić information content (AvgIpc) is 2.73. The normalized spacial score (nSPS) is 12.2. The molecule has 0 heterocycles. The van der Waals surface area contributed by atoms with E-state index in [1.165, 1.54) is 28.6 Å². The summed E-state index contributed by atoms with van der Waals surface area (Å²) in [7, 11) is -7.10. The topological polar surface area (TPSA) is 71.5 Å². The zero-order valence-corrected chi connectivity index (χ0v) is 19.5. The fourth-order valence-corrected chi connectivity index (χ4v) is 5.61. The van der Waals surface area contributed by atoms with Crippen LogP contribution in [-0.2, 0) is 32.8 Å². The van der Waals surface area contributed by atoms with E-state index in [1.54, 1.807) is 24.3 Å². The van der Waals surface area contributed by atoms with Crippen LogP contribution in [0.4, 0.5) is 0 Å². The zero-order valence-electron chi connectivity index (χ0n) is 17.1. The predicted molar refractivity (Wildman–Crippen MR) is 123 cm³/mol. The van der Waals surface area contributed by atoms with E-state index in [-0.39, 0.29) is 16.3 Å². The van der Waals surface area contributed by atoms with Gasteiger partial charge in [-0.25, -0.2) is 16.8 Å². The summed E-state index contributed by atoms with van der Waals surface area (Å²) in [6.07, 6.45) is 2.53. The lowest BCUT2D eigenvalue weighted by Gasteiger charge is -2.23. The Balaban J connectivity index is 1.84. The summed E-state index contributed by atoms with van der Waals surface area (Å²) in [5.41, 5.74) is 1.85. The molecule has 0 saturated carbocycles. The molecular weight excluding hydrogens is 454 g/mol. The Hall–Kier alpha value is -2.19. The number of hydrogen-bond acceptors (Lipinski definition) is 4. The number of nitrogens with zero attached hydrogens (tertiary/aromatic N) is 1. The molecule has 0 bridgehead atoms. The minimum Gasteiger partial charge on any atom is -0.224 e. The summed E-state index contributed by atoms with van der Waals surface area (Å²) in [6, 6.07) is 22.4. The molecule has 0 aliphatic rings. The van der Waals surface area contributed by atoms with Gasteiger partial charge in [0.2, 0.25) is 10.0 Å². The van der Waals surface area contributed by atoms with Crippen molar-refractivity contribution in [3.05, 3.63) is 95.0 Å². The molecule has 0 aliphatic heterocycles. The Bertz CT molecular complexity index is 1230. The number of hydrogen-bond donors (Lipinski definition) is 0. The van der Waals surface area contributed by atoms with E-state index in [1.807, 2.05) is 30.3 Å². The monoisotopic (exact) mass is 477 g/mol. The van der Waals surface area contributed by atoms with Gasteiger partial charge in [-0.3, -0.25) is 0 Å². The van der Waals surface area contributed by atoms with Crippen molar-refractivity contribution in [1.29, 1.82) is 0 Å². The first-order chi connectivity index (χ1) is 14.7. The second-order valence-corrected chi connectivity index (χ2v) is 11.7. The second-order valence-electron chi connectivity index (χ2n) is 7.30. The molecule has 8 heteroatoms. The molecule has 3 aromatic rings. The van der Waals surface area contributed by atoms with Gasteiger partial charge in [0.25, 0.3) is 0 Å². The lowest BCUT2D eigenvalue weighted by atomic mass is 10.1. The number of benzene rings is 3. The Morgan fingerprint density at radius 1 is 0.774 bits per heavy atom. The van der Waals surface area contributed by atoms with E-state index in [9.17, 15) is 16.8 Å². The fraction of sp³-hybridized carbons (Fsp3) is 0.217. The van der Waals surface area contributed by atoms with Gasteiger partial charge in [-0.1, -0.05) is 60.1 Å². The summed E-state index contributed by atoms with van der Waals surface area (Å²) in [5, 5.41) is 0.350. The zero-order chi connectivity index (χ0) is 22.5. The fourth-order valence-electron chi connectivity index (χ4n) is 3.21. The van der Waals surface area contributed by atoms with Gasteiger partial charge in [0.1, 0.15) is 0 Å². The highest BCUT2D eigenvalue weighted by Gasteiger charge is 2.25. The molecule has 0 atom stereocenters. The van der Waals surface area contributed by atoms with Crippen LogP contribution in [0.2, 0.25) is 5.02 Å². The van der Waals surface area contributed by atoms with Crippen molar-refractivity contribution in [1.82, 2.24) is 4.31 Å². The largest absolute Gasteiger partial charge is 0.243 e. The Kier molecular flexibility index (Phi) is 7.54. The minimum absolute atomic E-state index is 0.132. The molecule has 31 heavy (non-hydrogen) atoms. The first kappa shape index (κ1) is 23.5. The first-order valence-electron chi connectivity index (χ1n) is 9.75. The highest BCUT2D eigenvalue weighted by molar-refractivity contribution is 7.90. The van der Waals surface area contributed by atoms with Crippen LogP contribution in [0, 0.1) is 0 Å². The van der Waals surface area contributed by atoms with Crippen LogP contribution < -0.4 is 0 Å². The molecule has 164 valence electrons. The van der Waals surface area contributed by atoms with Crippen molar-refractivity contribution in [3.63, 3.8) is 0 Å². The standard InChI is InChI=1S/C23H24ClNO4S2/c1-30(26,27)22-14-12-20(13-15-22)18-25(16-6-9-19-7-3-2-4-8-19)31(28,29)23-11-5-10-21(24)17-23/h2-5,7-8,10-15,17H,6,9,16,18H2,1H3. The molecule has 0 amide bonds. The molecule has 0 N–H and O–H groups in total. The third-order valence-electron chi connectivity index (χ3n) is 4.86. The molecule has 3 rings (SSSR count). The molecule has 0 aromatic heterocycles. The minimum atomic E-state index is -3.78. The maximum absolute atomic E-state index is 13.3. The molecular formula is C23H24ClNO4S2. The third kappa shape index (κ3) is 6.40. The summed E-state index contributed by atoms with van der Waals surface area (Å²) in [4.78, 5) is 0.331. The second kappa shape index (κ2) is 9.96. The number of aryl methyl sites for hydroxylation is 1. The molecule has 0 radical (unpaired) electrons. The van der Waals surface area contributed by atoms with Gasteiger partial charge in [-0.15, -0.1) is 0 Å². The van der Waals surface area contributed by atoms with E-state index in [0.717, 1.165) is 18.2 Å². The van der Waals surface area contributed by atoms with Crippen molar-refractivity contribution in [2.75, 3.05) is 12.8 Å². The maximum Gasteiger partial charge on any atom is 0.243 e. The van der Waals surface area contributed by atoms with Gasteiger partial charge >= 0.3 is 0 Å². The molecule has 5 nitrogen and oxygen atoms in total. The summed E-state index contributed by atoms with van der Waals surface area (Å²) >= 11 is 6.02. The van der Waals surface area contributed by atoms with Gasteiger partial charge in [0, 0.05) is 24.4 Å². The third-order valence-corrected chi connectivity index (χ3v) is 8.06. The van der Waals surface area contributed by atoms with Crippen LogP contribution in [0.1, 0.15) is 17.5 Å². The number of rotatable bonds is 9. The van der Waals surface area contributed by atoms with Crippen LogP contribution in [0.5, 0.6) is 0 Å². The van der Waals surface area contributed by atoms with Gasteiger partial charge in [0.05, 0.1) is 9.79 Å². The lowest BCUT2D eigenvalue weighted by molar-refractivity contribution is 0.399. The maximum atomic E-state index is 13.3. The van der Waals surface area contributed by atoms with Crippen molar-refractivity contribution < 1.29 is 16.8 Å². The molecule has 0 spiro atoms. The van der Waals surface area contributed by atoms with Gasteiger partial charge in [-0.2, -0.15) is 4.31 Å². The van der Waals surface area contributed by atoms with Crippen LogP contribution in [-0.4, -0.2) is 33.9 Å². The van der Waals surface area contributed by atoms with Gasteiger partial charge in [0.15, 0.2) is 9.84 Å². The van der Waals surface area contributed by atoms with E-state index in [4.69, 9.17) is 11.6 Å². The smallest absolute Gasteiger partial charge is 0.224 e. The Morgan fingerprint density at radius 3 is 2.06 bits per heavy atom. The van der Waals surface area contributed by atoms with Crippen molar-refractivity contribution in [2.24, 2.45) is 0 Å². The van der Waals surface area contributed by atoms with Crippen molar-refractivity contribution >= 4 is 31.5 Å². The first-order valence-corrected chi connectivity index (χ1v) is 13.5. The van der Waals surface area contributed by atoms with Gasteiger partial charge < -0.3 is 0 Å². The molecule has 0 saturated heterocycles. The Morgan fingerprint density at radius 2 is 1.45 bits per heavy atom. The van der Waals surface area contributed by atoms with E-state index in [2.05, 4.69) is 0 Å². The van der Waals surface area contributed by atoms with Crippen LogP contribution in [0.25, 0.3) is 0 Å².